The zero-order chi connectivity index (χ0) is 12.6. The fourth-order valence-electron chi connectivity index (χ4n) is 2.29. The Morgan fingerprint density at radius 3 is 3.00 bits per heavy atom. The second-order valence-electron chi connectivity index (χ2n) is 4.99. The molecule has 0 saturated carbocycles. The van der Waals surface area contributed by atoms with E-state index in [0.717, 1.165) is 57.8 Å². The molecular formula is C14H24N2O2. The fourth-order valence-corrected chi connectivity index (χ4v) is 2.29. The predicted molar refractivity (Wildman–Crippen MR) is 71.5 cm³/mol. The molecule has 2 rings (SSSR count). The number of hydrogen-bond acceptors (Lipinski definition) is 4. The van der Waals surface area contributed by atoms with Crippen LogP contribution in [0.25, 0.3) is 0 Å². The summed E-state index contributed by atoms with van der Waals surface area (Å²) in [5, 5.41) is 3.35. The molecule has 4 heteroatoms. The third-order valence-corrected chi connectivity index (χ3v) is 3.33. The Labute approximate surface area is 109 Å². The first-order valence-corrected chi connectivity index (χ1v) is 6.88. The van der Waals surface area contributed by atoms with Gasteiger partial charge in [-0.05, 0) is 51.5 Å². The van der Waals surface area contributed by atoms with Gasteiger partial charge in [-0.2, -0.15) is 0 Å². The first kappa shape index (κ1) is 13.6. The molecule has 0 bridgehead atoms. The predicted octanol–water partition coefficient (Wildman–Crippen LogP) is 1.87. The monoisotopic (exact) mass is 252 g/mol. The Hall–Kier alpha value is -0.840. The third kappa shape index (κ3) is 4.80. The van der Waals surface area contributed by atoms with Gasteiger partial charge in [-0.15, -0.1) is 0 Å². The van der Waals surface area contributed by atoms with Gasteiger partial charge in [-0.25, -0.2) is 0 Å². The smallest absolute Gasteiger partial charge is 0.117 e. The van der Waals surface area contributed by atoms with Crippen molar-refractivity contribution in [1.82, 2.24) is 10.2 Å². The van der Waals surface area contributed by atoms with Gasteiger partial charge in [0.25, 0.3) is 0 Å². The minimum absolute atomic E-state index is 0.474. The maximum Gasteiger partial charge on any atom is 0.117 e. The summed E-state index contributed by atoms with van der Waals surface area (Å²) >= 11 is 0. The van der Waals surface area contributed by atoms with Crippen molar-refractivity contribution in [3.05, 3.63) is 24.2 Å². The van der Waals surface area contributed by atoms with Crippen LogP contribution in [-0.2, 0) is 11.3 Å². The van der Waals surface area contributed by atoms with E-state index in [4.69, 9.17) is 9.15 Å². The number of nitrogens with zero attached hydrogens (tertiary/aromatic N) is 1. The van der Waals surface area contributed by atoms with Gasteiger partial charge in [-0.1, -0.05) is 0 Å². The van der Waals surface area contributed by atoms with Crippen molar-refractivity contribution >= 4 is 0 Å². The van der Waals surface area contributed by atoms with E-state index in [-0.39, 0.29) is 0 Å². The molecule has 4 nitrogen and oxygen atoms in total. The Balaban J connectivity index is 1.52. The van der Waals surface area contributed by atoms with Crippen LogP contribution in [0.15, 0.2) is 22.8 Å². The standard InChI is InChI=1S/C14H24N2O2/c1-16(12-14-4-2-10-18-14)9-3-11-17-13-5-7-15-8-6-13/h2,4,10,13,15H,3,5-9,11-12H2,1H3. The molecule has 18 heavy (non-hydrogen) atoms. The van der Waals surface area contributed by atoms with E-state index >= 15 is 0 Å². The van der Waals surface area contributed by atoms with Crippen LogP contribution in [0.5, 0.6) is 0 Å². The molecule has 1 fully saturated rings. The lowest BCUT2D eigenvalue weighted by atomic mass is 10.1. The van der Waals surface area contributed by atoms with E-state index < -0.39 is 0 Å². The zero-order valence-corrected chi connectivity index (χ0v) is 11.2. The van der Waals surface area contributed by atoms with Crippen molar-refractivity contribution < 1.29 is 9.15 Å². The van der Waals surface area contributed by atoms with Crippen LogP contribution in [-0.4, -0.2) is 44.3 Å². The molecule has 0 radical (unpaired) electrons. The van der Waals surface area contributed by atoms with Crippen molar-refractivity contribution in [2.24, 2.45) is 0 Å². The summed E-state index contributed by atoms with van der Waals surface area (Å²) < 4.78 is 11.2. The molecule has 1 aliphatic heterocycles. The number of piperidine rings is 1. The summed E-state index contributed by atoms with van der Waals surface area (Å²) in [5.41, 5.74) is 0. The first-order chi connectivity index (χ1) is 8.84. The van der Waals surface area contributed by atoms with Gasteiger partial charge < -0.3 is 14.5 Å². The van der Waals surface area contributed by atoms with Crippen LogP contribution in [0.4, 0.5) is 0 Å². The third-order valence-electron chi connectivity index (χ3n) is 3.33. The van der Waals surface area contributed by atoms with E-state index in [0.29, 0.717) is 6.10 Å². The summed E-state index contributed by atoms with van der Waals surface area (Å²) in [7, 11) is 2.12. The van der Waals surface area contributed by atoms with E-state index in [1.807, 2.05) is 12.1 Å². The molecule has 0 spiro atoms. The Kier molecular flexibility index (Phi) is 5.71. The van der Waals surface area contributed by atoms with Gasteiger partial charge in [0.05, 0.1) is 18.9 Å². The van der Waals surface area contributed by atoms with Crippen LogP contribution in [0, 0.1) is 0 Å². The zero-order valence-electron chi connectivity index (χ0n) is 11.2. The van der Waals surface area contributed by atoms with Gasteiger partial charge in [0, 0.05) is 13.2 Å². The molecular weight excluding hydrogens is 228 g/mol. The molecule has 1 N–H and O–H groups in total. The summed E-state index contributed by atoms with van der Waals surface area (Å²) in [6, 6.07) is 3.95. The van der Waals surface area contributed by atoms with E-state index in [1.54, 1.807) is 6.26 Å². The summed E-state index contributed by atoms with van der Waals surface area (Å²) in [4.78, 5) is 2.27. The minimum atomic E-state index is 0.474. The molecule has 2 heterocycles. The first-order valence-electron chi connectivity index (χ1n) is 6.88. The Bertz CT molecular complexity index is 308. The maximum absolute atomic E-state index is 5.88. The van der Waals surface area contributed by atoms with Crippen LogP contribution < -0.4 is 5.32 Å². The molecule has 0 aliphatic carbocycles. The highest BCUT2D eigenvalue weighted by Crippen LogP contribution is 2.08. The normalized spacial score (nSPS) is 17.4. The molecule has 0 amide bonds. The number of rotatable bonds is 7. The van der Waals surface area contributed by atoms with Crippen molar-refractivity contribution in [2.45, 2.75) is 31.9 Å². The van der Waals surface area contributed by atoms with Crippen LogP contribution >= 0.6 is 0 Å². The van der Waals surface area contributed by atoms with E-state index in [2.05, 4.69) is 17.3 Å². The largest absolute Gasteiger partial charge is 0.468 e. The second-order valence-corrected chi connectivity index (χ2v) is 4.99. The Morgan fingerprint density at radius 2 is 2.28 bits per heavy atom. The van der Waals surface area contributed by atoms with Gasteiger partial charge in [0.2, 0.25) is 0 Å². The van der Waals surface area contributed by atoms with Crippen molar-refractivity contribution in [1.29, 1.82) is 0 Å². The van der Waals surface area contributed by atoms with Gasteiger partial charge in [-0.3, -0.25) is 4.90 Å². The average molecular weight is 252 g/mol. The molecule has 1 aliphatic rings. The second kappa shape index (κ2) is 7.56. The van der Waals surface area contributed by atoms with Gasteiger partial charge >= 0.3 is 0 Å². The molecule has 1 saturated heterocycles. The van der Waals surface area contributed by atoms with Crippen molar-refractivity contribution in [3.63, 3.8) is 0 Å². The molecule has 1 aromatic heterocycles. The van der Waals surface area contributed by atoms with Crippen molar-refractivity contribution in [2.75, 3.05) is 33.3 Å². The minimum Gasteiger partial charge on any atom is -0.468 e. The Morgan fingerprint density at radius 1 is 1.44 bits per heavy atom. The maximum atomic E-state index is 5.88. The molecule has 0 aromatic carbocycles. The number of hydrogen-bond donors (Lipinski definition) is 1. The number of ether oxygens (including phenoxy) is 1. The average Bonchev–Trinajstić information content (AvgIpc) is 2.89. The highest BCUT2D eigenvalue weighted by Gasteiger charge is 2.12. The molecule has 1 aromatic rings. The van der Waals surface area contributed by atoms with Gasteiger partial charge in [0.15, 0.2) is 0 Å². The van der Waals surface area contributed by atoms with E-state index in [1.165, 1.54) is 0 Å². The highest BCUT2D eigenvalue weighted by molar-refractivity contribution is 4.97. The number of furan rings is 1. The van der Waals surface area contributed by atoms with Gasteiger partial charge in [0.1, 0.15) is 5.76 Å². The van der Waals surface area contributed by atoms with E-state index in [9.17, 15) is 0 Å². The summed E-state index contributed by atoms with van der Waals surface area (Å²) in [5.74, 6) is 1.02. The topological polar surface area (TPSA) is 37.6 Å². The van der Waals surface area contributed by atoms with Crippen molar-refractivity contribution in [3.8, 4) is 0 Å². The molecule has 0 atom stereocenters. The van der Waals surface area contributed by atoms with Crippen LogP contribution in [0.1, 0.15) is 25.0 Å². The lowest BCUT2D eigenvalue weighted by Crippen LogP contribution is -2.33. The molecule has 102 valence electrons. The lowest BCUT2D eigenvalue weighted by Gasteiger charge is -2.23. The highest BCUT2D eigenvalue weighted by atomic mass is 16.5. The SMILES string of the molecule is CN(CCCOC1CCNCC1)Cc1ccco1. The van der Waals surface area contributed by atoms with Crippen LogP contribution in [0.3, 0.4) is 0 Å². The fraction of sp³-hybridized carbons (Fsp3) is 0.714. The summed E-state index contributed by atoms with van der Waals surface area (Å²) in [6.07, 6.45) is 5.59. The summed E-state index contributed by atoms with van der Waals surface area (Å²) in [6.45, 7) is 4.99. The van der Waals surface area contributed by atoms with Crippen LogP contribution in [0.2, 0.25) is 0 Å². The molecule has 0 unspecified atom stereocenters. The quantitative estimate of drug-likeness (QED) is 0.752. The lowest BCUT2D eigenvalue weighted by molar-refractivity contribution is 0.0282. The number of nitrogens with one attached hydrogen (secondary N) is 1.